The number of fused-ring (bicyclic) bond motifs is 2. The van der Waals surface area contributed by atoms with Crippen molar-refractivity contribution in [1.82, 2.24) is 4.57 Å². The minimum absolute atomic E-state index is 0.0765. The maximum atomic E-state index is 13.9. The van der Waals surface area contributed by atoms with Crippen LogP contribution < -0.4 is 19.6 Å². The first-order valence-electron chi connectivity index (χ1n) is 12.0. The molecule has 0 spiro atoms. The molecule has 0 radical (unpaired) electrons. The Morgan fingerprint density at radius 2 is 1.95 bits per heavy atom. The average molecular weight is 527 g/mol. The molecule has 8 heteroatoms. The molecule has 6 nitrogen and oxygen atoms in total. The van der Waals surface area contributed by atoms with Crippen LogP contribution >= 0.6 is 11.3 Å². The predicted molar refractivity (Wildman–Crippen MR) is 145 cm³/mol. The van der Waals surface area contributed by atoms with Crippen molar-refractivity contribution in [3.05, 3.63) is 109 Å². The van der Waals surface area contributed by atoms with E-state index in [1.165, 1.54) is 28.0 Å². The van der Waals surface area contributed by atoms with Crippen LogP contribution in [0.3, 0.4) is 0 Å². The van der Waals surface area contributed by atoms with Crippen molar-refractivity contribution < 1.29 is 18.7 Å². The minimum atomic E-state index is -0.822. The number of carbonyl (C=O) groups is 1. The third-order valence-electron chi connectivity index (χ3n) is 6.22. The molecule has 1 atom stereocenters. The Balaban J connectivity index is 1.77. The molecule has 0 N–H and O–H groups in total. The van der Waals surface area contributed by atoms with Gasteiger partial charge in [0.05, 0.1) is 28.5 Å². The number of ether oxygens (including phenoxy) is 2. The van der Waals surface area contributed by atoms with E-state index in [1.54, 1.807) is 32.1 Å². The largest absolute Gasteiger partial charge is 0.480 e. The molecular weight excluding hydrogens is 503 g/mol. The van der Waals surface area contributed by atoms with E-state index in [0.717, 1.165) is 10.8 Å². The molecule has 1 aromatic heterocycles. The number of hydrogen-bond acceptors (Lipinski definition) is 6. The highest BCUT2D eigenvalue weighted by molar-refractivity contribution is 7.07. The van der Waals surface area contributed by atoms with E-state index < -0.39 is 17.8 Å². The van der Waals surface area contributed by atoms with Gasteiger partial charge in [0, 0.05) is 5.56 Å². The number of terminal acetylenes is 1. The van der Waals surface area contributed by atoms with E-state index in [9.17, 15) is 14.0 Å². The molecule has 0 saturated heterocycles. The number of allylic oxidation sites excluding steroid dienone is 1. The molecular formula is C30H23FN2O4S. The Hall–Kier alpha value is -4.48. The summed E-state index contributed by atoms with van der Waals surface area (Å²) in [6, 6.07) is 16.4. The van der Waals surface area contributed by atoms with Gasteiger partial charge in [0.1, 0.15) is 18.2 Å². The van der Waals surface area contributed by atoms with Crippen LogP contribution in [0, 0.1) is 18.2 Å². The van der Waals surface area contributed by atoms with Gasteiger partial charge in [-0.1, -0.05) is 59.7 Å². The molecule has 1 aliphatic rings. The van der Waals surface area contributed by atoms with E-state index in [1.807, 2.05) is 36.4 Å². The summed E-state index contributed by atoms with van der Waals surface area (Å²) in [7, 11) is 0. The van der Waals surface area contributed by atoms with Crippen molar-refractivity contribution in [2.24, 2.45) is 4.99 Å². The lowest BCUT2D eigenvalue weighted by Crippen LogP contribution is -2.39. The summed E-state index contributed by atoms with van der Waals surface area (Å²) in [5.74, 6) is 2.03. The van der Waals surface area contributed by atoms with Crippen LogP contribution in [0.2, 0.25) is 0 Å². The molecule has 0 saturated carbocycles. The van der Waals surface area contributed by atoms with Gasteiger partial charge in [-0.3, -0.25) is 9.36 Å². The van der Waals surface area contributed by atoms with Crippen LogP contribution in [0.5, 0.6) is 5.75 Å². The molecule has 5 rings (SSSR count). The Morgan fingerprint density at radius 3 is 2.68 bits per heavy atom. The van der Waals surface area contributed by atoms with Gasteiger partial charge < -0.3 is 9.47 Å². The number of esters is 1. The second-order valence-corrected chi connectivity index (χ2v) is 9.55. The van der Waals surface area contributed by atoms with Crippen LogP contribution in [0.4, 0.5) is 4.39 Å². The number of hydrogen-bond donors (Lipinski definition) is 0. The predicted octanol–water partition coefficient (Wildman–Crippen LogP) is 4.10. The first-order chi connectivity index (χ1) is 18.4. The smallest absolute Gasteiger partial charge is 0.338 e. The first-order valence-corrected chi connectivity index (χ1v) is 12.8. The molecule has 1 aliphatic heterocycles. The fourth-order valence-electron chi connectivity index (χ4n) is 4.55. The van der Waals surface area contributed by atoms with Crippen LogP contribution in [0.15, 0.2) is 81.7 Å². The lowest BCUT2D eigenvalue weighted by atomic mass is 9.96. The average Bonchev–Trinajstić information content (AvgIpc) is 3.22. The topological polar surface area (TPSA) is 69.9 Å². The molecule has 2 heterocycles. The Labute approximate surface area is 222 Å². The lowest BCUT2D eigenvalue weighted by molar-refractivity contribution is -0.139. The number of thiazole rings is 1. The molecule has 0 amide bonds. The van der Waals surface area contributed by atoms with E-state index in [0.29, 0.717) is 31.9 Å². The van der Waals surface area contributed by atoms with E-state index >= 15 is 0 Å². The number of nitrogens with zero attached hydrogens (tertiary/aromatic N) is 2. The fourth-order valence-corrected chi connectivity index (χ4v) is 5.58. The number of rotatable bonds is 6. The molecule has 3 aromatic carbocycles. The van der Waals surface area contributed by atoms with Gasteiger partial charge in [-0.25, -0.2) is 14.2 Å². The molecule has 190 valence electrons. The van der Waals surface area contributed by atoms with Crippen molar-refractivity contribution in [2.45, 2.75) is 19.9 Å². The highest BCUT2D eigenvalue weighted by Gasteiger charge is 2.33. The van der Waals surface area contributed by atoms with E-state index in [-0.39, 0.29) is 24.3 Å². The summed E-state index contributed by atoms with van der Waals surface area (Å²) in [5, 5.41) is 1.87. The van der Waals surface area contributed by atoms with Gasteiger partial charge in [-0.05, 0) is 54.5 Å². The fraction of sp³-hybridized carbons (Fsp3) is 0.167. The quantitative estimate of drug-likeness (QED) is 0.280. The standard InChI is InChI=1S/C30H23FN2O4S/c1-4-16-37-24-15-12-19-8-6-7-9-22(19)23(24)17-25-28(34)33-27(20-10-13-21(31)14-11-20)26(29(35)36-5-2)18(3)32-30(33)38-25/h1,6-15,17,27H,5,16H2,2-3H3/b25-17-/t27-/m1/s1. The molecule has 38 heavy (non-hydrogen) atoms. The SMILES string of the molecule is C#CCOc1ccc2ccccc2c1/C=c1\sc2n(c1=O)[C@H](c1ccc(F)cc1)C(C(=O)OCC)=C(C)N=2. The van der Waals surface area contributed by atoms with Crippen molar-refractivity contribution in [3.63, 3.8) is 0 Å². The molecule has 0 bridgehead atoms. The highest BCUT2D eigenvalue weighted by atomic mass is 32.1. The van der Waals surface area contributed by atoms with Gasteiger partial charge in [-0.15, -0.1) is 6.42 Å². The molecule has 4 aromatic rings. The number of carbonyl (C=O) groups excluding carboxylic acids is 1. The number of aromatic nitrogens is 1. The zero-order valence-corrected chi connectivity index (χ0v) is 21.5. The second kappa shape index (κ2) is 10.5. The van der Waals surface area contributed by atoms with Crippen molar-refractivity contribution >= 4 is 34.2 Å². The van der Waals surface area contributed by atoms with Crippen molar-refractivity contribution in [3.8, 4) is 18.1 Å². The number of halogens is 1. The monoisotopic (exact) mass is 526 g/mol. The summed E-state index contributed by atoms with van der Waals surface area (Å²) < 4.78 is 26.7. The molecule has 0 fully saturated rings. The second-order valence-electron chi connectivity index (χ2n) is 8.55. The highest BCUT2D eigenvalue weighted by Crippen LogP contribution is 2.31. The summed E-state index contributed by atoms with van der Waals surface area (Å²) in [4.78, 5) is 31.9. The minimum Gasteiger partial charge on any atom is -0.480 e. The van der Waals surface area contributed by atoms with Crippen molar-refractivity contribution in [1.29, 1.82) is 0 Å². The van der Waals surface area contributed by atoms with Gasteiger partial charge in [0.15, 0.2) is 4.80 Å². The lowest BCUT2D eigenvalue weighted by Gasteiger charge is -2.24. The third kappa shape index (κ3) is 4.53. The zero-order valence-electron chi connectivity index (χ0n) is 20.7. The Kier molecular flexibility index (Phi) is 6.95. The number of benzene rings is 3. The van der Waals surface area contributed by atoms with Gasteiger partial charge in [0.25, 0.3) is 5.56 Å². The van der Waals surface area contributed by atoms with Crippen LogP contribution in [-0.4, -0.2) is 23.8 Å². The maximum absolute atomic E-state index is 13.9. The maximum Gasteiger partial charge on any atom is 0.338 e. The Bertz CT molecular complexity index is 1810. The summed E-state index contributed by atoms with van der Waals surface area (Å²) >= 11 is 1.20. The van der Waals surface area contributed by atoms with Gasteiger partial charge >= 0.3 is 5.97 Å². The van der Waals surface area contributed by atoms with Crippen molar-refractivity contribution in [2.75, 3.05) is 13.2 Å². The third-order valence-corrected chi connectivity index (χ3v) is 7.20. The first kappa shape index (κ1) is 25.2. The Morgan fingerprint density at radius 1 is 1.18 bits per heavy atom. The van der Waals surface area contributed by atoms with Gasteiger partial charge in [-0.2, -0.15) is 0 Å². The van der Waals surface area contributed by atoms with E-state index in [4.69, 9.17) is 15.9 Å². The summed E-state index contributed by atoms with van der Waals surface area (Å²) in [6.07, 6.45) is 7.19. The van der Waals surface area contributed by atoms with Gasteiger partial charge in [0.2, 0.25) is 0 Å². The van der Waals surface area contributed by atoms with Crippen LogP contribution in [0.25, 0.3) is 16.8 Å². The van der Waals surface area contributed by atoms with Crippen LogP contribution in [0.1, 0.15) is 31.0 Å². The summed E-state index contributed by atoms with van der Waals surface area (Å²) in [5.41, 5.74) is 1.62. The van der Waals surface area contributed by atoms with E-state index in [2.05, 4.69) is 10.9 Å². The molecule has 0 unspecified atom stereocenters. The normalized spacial score (nSPS) is 15.1. The summed E-state index contributed by atoms with van der Waals surface area (Å²) in [6.45, 7) is 3.65. The zero-order chi connectivity index (χ0) is 26.8. The van der Waals surface area contributed by atoms with Crippen LogP contribution in [-0.2, 0) is 9.53 Å². The molecule has 0 aliphatic carbocycles.